The molecule has 4 heterocycles. The molecule has 1 unspecified atom stereocenters. The van der Waals surface area contributed by atoms with Gasteiger partial charge in [-0.2, -0.15) is 9.97 Å². The molecule has 1 atom stereocenters. The van der Waals surface area contributed by atoms with Crippen molar-refractivity contribution in [2.75, 3.05) is 74.3 Å². The number of para-hydroxylation sites is 1. The number of nitro benzene ring substituents is 1. The Hall–Kier alpha value is -3.97. The number of ether oxygens (including phenoxy) is 4. The number of nitrogens with zero attached hydrogens (tertiary/aromatic N) is 5. The summed E-state index contributed by atoms with van der Waals surface area (Å²) in [5.74, 6) is 0.994. The molecule has 0 saturated carbocycles. The first-order chi connectivity index (χ1) is 18.5. The third-order valence-electron chi connectivity index (χ3n) is 6.64. The molecule has 0 bridgehead atoms. The number of aromatic nitrogens is 2. The monoisotopic (exact) mass is 526 g/mol. The van der Waals surface area contributed by atoms with E-state index in [0.29, 0.717) is 87.0 Å². The van der Waals surface area contributed by atoms with Gasteiger partial charge in [0.2, 0.25) is 5.95 Å². The Kier molecular flexibility index (Phi) is 7.56. The van der Waals surface area contributed by atoms with Crippen LogP contribution in [-0.4, -0.2) is 80.3 Å². The molecule has 2 fully saturated rings. The lowest BCUT2D eigenvalue weighted by molar-refractivity contribution is -0.385. The number of anilines is 3. The van der Waals surface area contributed by atoms with Crippen LogP contribution in [0.4, 0.5) is 28.1 Å². The Morgan fingerprint density at radius 2 is 1.76 bits per heavy atom. The van der Waals surface area contributed by atoms with Crippen LogP contribution >= 0.6 is 0 Å². The maximum Gasteiger partial charge on any atom is 0.513 e. The van der Waals surface area contributed by atoms with Gasteiger partial charge in [0.15, 0.2) is 0 Å². The fourth-order valence-electron chi connectivity index (χ4n) is 4.88. The second-order valence-electron chi connectivity index (χ2n) is 8.96. The molecular formula is C25H30N6O7. The summed E-state index contributed by atoms with van der Waals surface area (Å²) in [5, 5.41) is 15.4. The highest BCUT2D eigenvalue weighted by molar-refractivity contribution is 5.74. The maximum atomic E-state index is 12.5. The van der Waals surface area contributed by atoms with E-state index >= 15 is 0 Å². The molecule has 0 aliphatic carbocycles. The Morgan fingerprint density at radius 3 is 2.42 bits per heavy atom. The number of carbonyl (C=O) groups excluding carboxylic acids is 1. The summed E-state index contributed by atoms with van der Waals surface area (Å²) in [5.41, 5.74) is 1.33. The average molecular weight is 527 g/mol. The molecule has 0 radical (unpaired) electrons. The van der Waals surface area contributed by atoms with E-state index in [1.165, 1.54) is 6.07 Å². The zero-order chi connectivity index (χ0) is 26.6. The third kappa shape index (κ3) is 5.07. The number of fused-ring (bicyclic) bond motifs is 1. The van der Waals surface area contributed by atoms with Crippen LogP contribution in [0.25, 0.3) is 0 Å². The molecule has 1 aromatic heterocycles. The zero-order valence-electron chi connectivity index (χ0n) is 21.3. The molecule has 3 aliphatic rings. The van der Waals surface area contributed by atoms with Crippen LogP contribution in [0.5, 0.6) is 0 Å². The van der Waals surface area contributed by atoms with Crippen molar-refractivity contribution in [2.24, 2.45) is 0 Å². The molecule has 38 heavy (non-hydrogen) atoms. The predicted molar refractivity (Wildman–Crippen MR) is 137 cm³/mol. The van der Waals surface area contributed by atoms with Gasteiger partial charge in [0, 0.05) is 37.8 Å². The topological polar surface area (TPSA) is 141 Å². The average Bonchev–Trinajstić information content (AvgIpc) is 2.94. The van der Waals surface area contributed by atoms with Crippen LogP contribution in [0, 0.1) is 10.1 Å². The largest absolute Gasteiger partial charge is 0.513 e. The van der Waals surface area contributed by atoms with E-state index in [1.807, 2.05) is 0 Å². The molecule has 13 nitrogen and oxygen atoms in total. The van der Waals surface area contributed by atoms with E-state index in [0.717, 1.165) is 0 Å². The molecular weight excluding hydrogens is 496 g/mol. The standard InChI is InChI=1S/C25H30N6O7/c1-3-37-25(32)38-21-16(2)26-22-20(19(21)17-6-4-5-7-18(17)31(33)34)23(29-8-12-35-13-9-29)28-24(27-22)30-10-14-36-15-11-30/h4-7,19H,3,8-15H2,1-2H3,(H,26,27,28). The quantitative estimate of drug-likeness (QED) is 0.336. The Morgan fingerprint density at radius 1 is 1.11 bits per heavy atom. The number of nitro groups is 1. The molecule has 3 aliphatic heterocycles. The van der Waals surface area contributed by atoms with Crippen molar-refractivity contribution in [1.82, 2.24) is 9.97 Å². The smallest absolute Gasteiger partial charge is 0.434 e. The van der Waals surface area contributed by atoms with Gasteiger partial charge in [-0.15, -0.1) is 0 Å². The number of hydrogen-bond acceptors (Lipinski definition) is 12. The predicted octanol–water partition coefficient (Wildman–Crippen LogP) is 3.02. The first kappa shape index (κ1) is 25.7. The molecule has 13 heteroatoms. The Labute approximate surface area is 219 Å². The fraction of sp³-hybridized carbons (Fsp3) is 0.480. The first-order valence-electron chi connectivity index (χ1n) is 12.6. The van der Waals surface area contributed by atoms with E-state index in [2.05, 4.69) is 15.1 Å². The molecule has 5 rings (SSSR count). The van der Waals surface area contributed by atoms with Crippen LogP contribution in [0.3, 0.4) is 0 Å². The molecule has 1 aromatic carbocycles. The van der Waals surface area contributed by atoms with Crippen molar-refractivity contribution < 1.29 is 28.7 Å². The summed E-state index contributed by atoms with van der Waals surface area (Å²) in [6, 6.07) is 6.43. The lowest BCUT2D eigenvalue weighted by atomic mass is 9.85. The number of benzene rings is 1. The number of hydrogen-bond donors (Lipinski definition) is 1. The minimum absolute atomic E-state index is 0.103. The van der Waals surface area contributed by atoms with Crippen LogP contribution in [0.15, 0.2) is 35.7 Å². The first-order valence-corrected chi connectivity index (χ1v) is 12.6. The second kappa shape index (κ2) is 11.2. The van der Waals surface area contributed by atoms with Crippen molar-refractivity contribution in [2.45, 2.75) is 19.8 Å². The number of morpholine rings is 2. The van der Waals surface area contributed by atoms with Crippen LogP contribution in [0.2, 0.25) is 0 Å². The van der Waals surface area contributed by atoms with Gasteiger partial charge in [-0.05, 0) is 13.8 Å². The van der Waals surface area contributed by atoms with Gasteiger partial charge in [-0.1, -0.05) is 18.2 Å². The van der Waals surface area contributed by atoms with Crippen molar-refractivity contribution >= 4 is 29.4 Å². The van der Waals surface area contributed by atoms with E-state index in [1.54, 1.807) is 32.0 Å². The third-order valence-corrected chi connectivity index (χ3v) is 6.64. The van der Waals surface area contributed by atoms with Crippen molar-refractivity contribution in [3.8, 4) is 0 Å². The van der Waals surface area contributed by atoms with Gasteiger partial charge >= 0.3 is 6.16 Å². The number of carbonyl (C=O) groups is 1. The Balaban J connectivity index is 1.72. The summed E-state index contributed by atoms with van der Waals surface area (Å²) in [4.78, 5) is 38.1. The molecule has 0 spiro atoms. The minimum atomic E-state index is -0.894. The number of allylic oxidation sites excluding steroid dienone is 2. The van der Waals surface area contributed by atoms with Gasteiger partial charge in [-0.25, -0.2) is 4.79 Å². The zero-order valence-corrected chi connectivity index (χ0v) is 21.3. The van der Waals surface area contributed by atoms with E-state index in [9.17, 15) is 14.9 Å². The molecule has 1 N–H and O–H groups in total. The highest BCUT2D eigenvalue weighted by atomic mass is 16.7. The van der Waals surface area contributed by atoms with E-state index in [-0.39, 0.29) is 18.1 Å². The molecule has 2 saturated heterocycles. The van der Waals surface area contributed by atoms with Gasteiger partial charge < -0.3 is 34.1 Å². The summed E-state index contributed by atoms with van der Waals surface area (Å²) in [6.45, 7) is 8.12. The van der Waals surface area contributed by atoms with Crippen molar-refractivity contribution in [3.05, 3.63) is 57.0 Å². The summed E-state index contributed by atoms with van der Waals surface area (Å²) < 4.78 is 21.8. The van der Waals surface area contributed by atoms with Crippen molar-refractivity contribution in [3.63, 3.8) is 0 Å². The minimum Gasteiger partial charge on any atom is -0.434 e. The number of rotatable bonds is 6. The van der Waals surface area contributed by atoms with Gasteiger partial charge in [-0.3, -0.25) is 10.1 Å². The van der Waals surface area contributed by atoms with Crippen LogP contribution in [-0.2, 0) is 18.9 Å². The second-order valence-corrected chi connectivity index (χ2v) is 8.96. The van der Waals surface area contributed by atoms with E-state index < -0.39 is 17.0 Å². The molecule has 2 aromatic rings. The molecule has 0 amide bonds. The summed E-state index contributed by atoms with van der Waals surface area (Å²) >= 11 is 0. The van der Waals surface area contributed by atoms with Crippen LogP contribution < -0.4 is 15.1 Å². The number of nitrogens with one attached hydrogen (secondary N) is 1. The van der Waals surface area contributed by atoms with Crippen LogP contribution in [0.1, 0.15) is 30.9 Å². The SMILES string of the molecule is CCOC(=O)OC1=C(C)Nc2nc(N3CCOCC3)nc(N3CCOCC3)c2C1c1ccccc1[N+](=O)[O-]. The highest BCUT2D eigenvalue weighted by Gasteiger charge is 2.40. The molecule has 202 valence electrons. The highest BCUT2D eigenvalue weighted by Crippen LogP contribution is 2.48. The Bertz CT molecular complexity index is 1240. The fourth-order valence-corrected chi connectivity index (χ4v) is 4.88. The van der Waals surface area contributed by atoms with Crippen molar-refractivity contribution in [1.29, 1.82) is 0 Å². The van der Waals surface area contributed by atoms with Gasteiger partial charge in [0.05, 0.1) is 55.1 Å². The normalized spacial score (nSPS) is 19.5. The summed E-state index contributed by atoms with van der Waals surface area (Å²) in [6.07, 6.45) is -0.894. The van der Waals surface area contributed by atoms with E-state index in [4.69, 9.17) is 28.9 Å². The van der Waals surface area contributed by atoms with Gasteiger partial charge in [0.1, 0.15) is 17.4 Å². The van der Waals surface area contributed by atoms with Gasteiger partial charge in [0.25, 0.3) is 5.69 Å². The maximum absolute atomic E-state index is 12.5. The summed E-state index contributed by atoms with van der Waals surface area (Å²) in [7, 11) is 0. The lowest BCUT2D eigenvalue weighted by Crippen LogP contribution is -2.41. The lowest BCUT2D eigenvalue weighted by Gasteiger charge is -2.36.